The van der Waals surface area contributed by atoms with E-state index in [-0.39, 0.29) is 11.3 Å². The molecule has 0 bridgehead atoms. The Bertz CT molecular complexity index is 584. The maximum absolute atomic E-state index is 12.0. The summed E-state index contributed by atoms with van der Waals surface area (Å²) < 4.78 is 1.66. The van der Waals surface area contributed by atoms with E-state index in [1.807, 2.05) is 6.07 Å². The lowest BCUT2D eigenvalue weighted by Crippen LogP contribution is -2.20. The number of benzene rings is 1. The predicted octanol–water partition coefficient (Wildman–Crippen LogP) is 2.20. The summed E-state index contributed by atoms with van der Waals surface area (Å²) in [6.45, 7) is 2.09. The van der Waals surface area contributed by atoms with Crippen molar-refractivity contribution in [3.8, 4) is 5.75 Å². The molecule has 0 spiro atoms. The SMILES string of the molecule is CCCc1cc2ccc(O)cc2c(=O)n1C. The van der Waals surface area contributed by atoms with Gasteiger partial charge in [0.25, 0.3) is 5.56 Å². The van der Waals surface area contributed by atoms with Crippen molar-refractivity contribution in [2.75, 3.05) is 0 Å². The van der Waals surface area contributed by atoms with Crippen LogP contribution in [0.25, 0.3) is 10.8 Å². The molecule has 2 aromatic rings. The maximum atomic E-state index is 12.0. The van der Waals surface area contributed by atoms with Gasteiger partial charge in [0.2, 0.25) is 0 Å². The molecule has 0 aliphatic heterocycles. The van der Waals surface area contributed by atoms with Gasteiger partial charge in [-0.2, -0.15) is 0 Å². The normalized spacial score (nSPS) is 10.9. The molecular formula is C13H15NO2. The fourth-order valence-corrected chi connectivity index (χ4v) is 1.94. The molecule has 1 aromatic carbocycles. The van der Waals surface area contributed by atoms with Gasteiger partial charge in [0.15, 0.2) is 0 Å². The Labute approximate surface area is 94.0 Å². The van der Waals surface area contributed by atoms with E-state index in [9.17, 15) is 9.90 Å². The second kappa shape index (κ2) is 4.00. The van der Waals surface area contributed by atoms with Gasteiger partial charge in [-0.1, -0.05) is 19.4 Å². The van der Waals surface area contributed by atoms with Gasteiger partial charge in [-0.3, -0.25) is 4.79 Å². The molecule has 3 nitrogen and oxygen atoms in total. The number of aromatic nitrogens is 1. The predicted molar refractivity (Wildman–Crippen MR) is 64.8 cm³/mol. The highest BCUT2D eigenvalue weighted by Gasteiger charge is 2.06. The van der Waals surface area contributed by atoms with Crippen LogP contribution in [0.1, 0.15) is 19.0 Å². The van der Waals surface area contributed by atoms with Gasteiger partial charge < -0.3 is 9.67 Å². The molecule has 0 fully saturated rings. The fraction of sp³-hybridized carbons (Fsp3) is 0.308. The molecule has 16 heavy (non-hydrogen) atoms. The van der Waals surface area contributed by atoms with E-state index >= 15 is 0 Å². The number of aromatic hydroxyl groups is 1. The number of aryl methyl sites for hydroxylation is 1. The first-order chi connectivity index (χ1) is 7.63. The lowest BCUT2D eigenvalue weighted by Gasteiger charge is -2.09. The van der Waals surface area contributed by atoms with Gasteiger partial charge >= 0.3 is 0 Å². The van der Waals surface area contributed by atoms with Crippen molar-refractivity contribution in [2.45, 2.75) is 19.8 Å². The standard InChI is InChI=1S/C13H15NO2/c1-3-4-10-7-9-5-6-11(15)8-12(9)13(16)14(10)2/h5-8,15H,3-4H2,1-2H3. The van der Waals surface area contributed by atoms with E-state index in [1.165, 1.54) is 6.07 Å². The Kier molecular flexibility index (Phi) is 2.69. The summed E-state index contributed by atoms with van der Waals surface area (Å²) in [5.41, 5.74) is 0.988. The molecular weight excluding hydrogens is 202 g/mol. The van der Waals surface area contributed by atoms with Gasteiger partial charge in [0.1, 0.15) is 5.75 Å². The molecule has 0 radical (unpaired) electrons. The fourth-order valence-electron chi connectivity index (χ4n) is 1.94. The molecule has 84 valence electrons. The number of phenolic OH excluding ortho intramolecular Hbond substituents is 1. The highest BCUT2D eigenvalue weighted by Crippen LogP contribution is 2.18. The summed E-state index contributed by atoms with van der Waals surface area (Å²) in [5, 5.41) is 10.8. The van der Waals surface area contributed by atoms with Crippen molar-refractivity contribution in [2.24, 2.45) is 7.05 Å². The molecule has 0 aliphatic rings. The minimum atomic E-state index is -0.0446. The first-order valence-corrected chi connectivity index (χ1v) is 5.45. The third-order valence-electron chi connectivity index (χ3n) is 2.83. The molecule has 2 rings (SSSR count). The minimum Gasteiger partial charge on any atom is -0.508 e. The minimum absolute atomic E-state index is 0.0446. The van der Waals surface area contributed by atoms with Crippen LogP contribution in [0.2, 0.25) is 0 Å². The lowest BCUT2D eigenvalue weighted by atomic mass is 10.1. The quantitative estimate of drug-likeness (QED) is 0.837. The van der Waals surface area contributed by atoms with Gasteiger partial charge in [0, 0.05) is 12.7 Å². The topological polar surface area (TPSA) is 42.2 Å². The number of rotatable bonds is 2. The van der Waals surface area contributed by atoms with Gasteiger partial charge in [-0.15, -0.1) is 0 Å². The summed E-state index contributed by atoms with van der Waals surface area (Å²) in [6, 6.07) is 6.93. The lowest BCUT2D eigenvalue weighted by molar-refractivity contribution is 0.476. The number of nitrogens with zero attached hydrogens (tertiary/aromatic N) is 1. The Balaban J connectivity index is 2.78. The van der Waals surface area contributed by atoms with E-state index in [0.717, 1.165) is 23.9 Å². The summed E-state index contributed by atoms with van der Waals surface area (Å²) >= 11 is 0. The van der Waals surface area contributed by atoms with Gasteiger partial charge in [-0.05, 0) is 30.0 Å². The Morgan fingerprint density at radius 2 is 2.06 bits per heavy atom. The van der Waals surface area contributed by atoms with Crippen LogP contribution in [0.15, 0.2) is 29.1 Å². The molecule has 0 amide bonds. The van der Waals surface area contributed by atoms with Crippen molar-refractivity contribution in [3.05, 3.63) is 40.3 Å². The molecule has 0 aliphatic carbocycles. The number of hydrogen-bond donors (Lipinski definition) is 1. The zero-order valence-corrected chi connectivity index (χ0v) is 9.53. The van der Waals surface area contributed by atoms with Crippen LogP contribution < -0.4 is 5.56 Å². The average Bonchev–Trinajstić information content (AvgIpc) is 2.27. The summed E-state index contributed by atoms with van der Waals surface area (Å²) in [4.78, 5) is 12.0. The van der Waals surface area contributed by atoms with Crippen molar-refractivity contribution in [1.82, 2.24) is 4.57 Å². The van der Waals surface area contributed by atoms with Crippen LogP contribution in [0, 0.1) is 0 Å². The molecule has 1 N–H and O–H groups in total. The number of pyridine rings is 1. The summed E-state index contributed by atoms with van der Waals surface area (Å²) in [7, 11) is 1.77. The Hall–Kier alpha value is -1.77. The third-order valence-corrected chi connectivity index (χ3v) is 2.83. The maximum Gasteiger partial charge on any atom is 0.258 e. The second-order valence-corrected chi connectivity index (χ2v) is 4.02. The van der Waals surface area contributed by atoms with Crippen molar-refractivity contribution < 1.29 is 5.11 Å². The zero-order chi connectivity index (χ0) is 11.7. The van der Waals surface area contributed by atoms with E-state index < -0.39 is 0 Å². The van der Waals surface area contributed by atoms with Crippen LogP contribution in [-0.4, -0.2) is 9.67 Å². The first kappa shape index (κ1) is 10.7. The molecule has 0 saturated heterocycles. The Morgan fingerprint density at radius 3 is 2.75 bits per heavy atom. The molecule has 1 aromatic heterocycles. The van der Waals surface area contributed by atoms with Crippen molar-refractivity contribution >= 4 is 10.8 Å². The van der Waals surface area contributed by atoms with E-state index in [1.54, 1.807) is 23.7 Å². The van der Waals surface area contributed by atoms with Crippen LogP contribution in [0.4, 0.5) is 0 Å². The van der Waals surface area contributed by atoms with Gasteiger partial charge in [0.05, 0.1) is 5.39 Å². The van der Waals surface area contributed by atoms with E-state index in [4.69, 9.17) is 0 Å². The largest absolute Gasteiger partial charge is 0.508 e. The number of hydrogen-bond acceptors (Lipinski definition) is 2. The molecule has 0 saturated carbocycles. The number of phenols is 1. The average molecular weight is 217 g/mol. The second-order valence-electron chi connectivity index (χ2n) is 4.02. The van der Waals surface area contributed by atoms with Crippen LogP contribution in [0.3, 0.4) is 0 Å². The first-order valence-electron chi connectivity index (χ1n) is 5.45. The molecule has 0 atom stereocenters. The van der Waals surface area contributed by atoms with Crippen LogP contribution in [-0.2, 0) is 13.5 Å². The van der Waals surface area contributed by atoms with E-state index in [0.29, 0.717) is 5.39 Å². The smallest absolute Gasteiger partial charge is 0.258 e. The van der Waals surface area contributed by atoms with Crippen LogP contribution in [0.5, 0.6) is 5.75 Å². The van der Waals surface area contributed by atoms with Crippen molar-refractivity contribution in [1.29, 1.82) is 0 Å². The van der Waals surface area contributed by atoms with Crippen molar-refractivity contribution in [3.63, 3.8) is 0 Å². The molecule has 0 unspecified atom stereocenters. The van der Waals surface area contributed by atoms with Crippen LogP contribution >= 0.6 is 0 Å². The zero-order valence-electron chi connectivity index (χ0n) is 9.53. The Morgan fingerprint density at radius 1 is 1.31 bits per heavy atom. The third kappa shape index (κ3) is 1.69. The van der Waals surface area contributed by atoms with E-state index in [2.05, 4.69) is 6.92 Å². The highest BCUT2D eigenvalue weighted by atomic mass is 16.3. The molecule has 3 heteroatoms. The van der Waals surface area contributed by atoms with Gasteiger partial charge in [-0.25, -0.2) is 0 Å². The highest BCUT2D eigenvalue weighted by molar-refractivity contribution is 5.83. The molecule has 1 heterocycles. The monoisotopic (exact) mass is 217 g/mol. The summed E-state index contributed by atoms with van der Waals surface area (Å²) in [6.07, 6.45) is 1.90. The summed E-state index contributed by atoms with van der Waals surface area (Å²) in [5.74, 6) is 0.132. The number of fused-ring (bicyclic) bond motifs is 1.